The quantitative estimate of drug-likeness (QED) is 0.764. The van der Waals surface area contributed by atoms with Gasteiger partial charge in [-0.2, -0.15) is 0 Å². The number of pyridine rings is 1. The molecule has 0 radical (unpaired) electrons. The maximum absolute atomic E-state index is 13.1. The minimum atomic E-state index is -0.470. The number of benzene rings is 1. The summed E-state index contributed by atoms with van der Waals surface area (Å²) in [4.78, 5) is 20.2. The van der Waals surface area contributed by atoms with Crippen molar-refractivity contribution in [3.05, 3.63) is 59.8 Å². The van der Waals surface area contributed by atoms with E-state index in [0.717, 1.165) is 63.9 Å². The van der Waals surface area contributed by atoms with E-state index in [1.807, 2.05) is 18.2 Å². The number of aromatic nitrogens is 1. The van der Waals surface area contributed by atoms with Crippen LogP contribution in [0, 0.1) is 17.8 Å². The molecule has 2 unspecified atom stereocenters. The number of carbonyl (C=O) groups excluding carboxylic acids is 1. The Hall–Kier alpha value is -2.40. The Kier molecular flexibility index (Phi) is 4.98. The van der Waals surface area contributed by atoms with Gasteiger partial charge in [0, 0.05) is 19.1 Å². The van der Waals surface area contributed by atoms with Gasteiger partial charge in [0.25, 0.3) is 5.91 Å². The van der Waals surface area contributed by atoms with E-state index < -0.39 is 5.60 Å². The van der Waals surface area contributed by atoms with Crippen LogP contribution >= 0.6 is 0 Å². The fourth-order valence-corrected chi connectivity index (χ4v) is 7.34. The molecule has 4 bridgehead atoms. The van der Waals surface area contributed by atoms with Gasteiger partial charge in [-0.3, -0.25) is 4.79 Å². The molecule has 4 aliphatic carbocycles. The fraction of sp³-hybridized carbons (Fsp3) is 0.556. The minimum absolute atomic E-state index is 0.0597. The van der Waals surface area contributed by atoms with Crippen molar-refractivity contribution in [2.45, 2.75) is 62.5 Å². The number of rotatable bonds is 4. The topological polar surface area (TPSA) is 65.5 Å². The largest absolute Gasteiger partial charge is 0.390 e. The van der Waals surface area contributed by atoms with Crippen molar-refractivity contribution in [3.8, 4) is 0 Å². The van der Waals surface area contributed by atoms with E-state index in [9.17, 15) is 9.90 Å². The maximum Gasteiger partial charge on any atom is 0.270 e. The molecular formula is C27H33N3O2. The molecular weight excluding hydrogens is 398 g/mol. The number of piperidine rings is 1. The smallest absolute Gasteiger partial charge is 0.270 e. The number of aliphatic hydroxyl groups is 1. The first kappa shape index (κ1) is 20.2. The molecule has 1 aliphatic heterocycles. The Labute approximate surface area is 190 Å². The molecule has 32 heavy (non-hydrogen) atoms. The first-order valence-electron chi connectivity index (χ1n) is 12.4. The summed E-state index contributed by atoms with van der Waals surface area (Å²) in [7, 11) is 0. The van der Waals surface area contributed by atoms with Gasteiger partial charge in [0.2, 0.25) is 0 Å². The maximum atomic E-state index is 13.1. The Morgan fingerprint density at radius 3 is 2.38 bits per heavy atom. The summed E-state index contributed by atoms with van der Waals surface area (Å²) in [6.45, 7) is 1.93. The summed E-state index contributed by atoms with van der Waals surface area (Å²) in [5.41, 5.74) is 1.47. The lowest BCUT2D eigenvalue weighted by Crippen LogP contribution is -2.61. The molecule has 5 nitrogen and oxygen atoms in total. The molecule has 1 aromatic heterocycles. The molecule has 1 amide bonds. The highest BCUT2D eigenvalue weighted by atomic mass is 16.3. The first-order chi connectivity index (χ1) is 15.6. The lowest BCUT2D eigenvalue weighted by molar-refractivity contribution is -0.136. The summed E-state index contributed by atoms with van der Waals surface area (Å²) < 4.78 is 0. The van der Waals surface area contributed by atoms with E-state index in [0.29, 0.717) is 29.4 Å². The highest BCUT2D eigenvalue weighted by Crippen LogP contribution is 2.55. The summed E-state index contributed by atoms with van der Waals surface area (Å²) >= 11 is 0. The van der Waals surface area contributed by atoms with Crippen molar-refractivity contribution in [1.82, 2.24) is 10.3 Å². The number of anilines is 1. The van der Waals surface area contributed by atoms with Crippen molar-refractivity contribution in [1.29, 1.82) is 0 Å². The van der Waals surface area contributed by atoms with Crippen LogP contribution in [0.4, 0.5) is 5.82 Å². The molecule has 2 heterocycles. The molecule has 2 N–H and O–H groups in total. The lowest BCUT2D eigenvalue weighted by atomic mass is 9.52. The second kappa shape index (κ2) is 7.87. The van der Waals surface area contributed by atoms with Gasteiger partial charge < -0.3 is 15.3 Å². The van der Waals surface area contributed by atoms with E-state index >= 15 is 0 Å². The molecule has 2 atom stereocenters. The summed E-state index contributed by atoms with van der Waals surface area (Å²) in [6, 6.07) is 16.8. The van der Waals surface area contributed by atoms with Gasteiger partial charge in [-0.05, 0) is 86.3 Å². The molecule has 7 rings (SSSR count). The van der Waals surface area contributed by atoms with Gasteiger partial charge >= 0.3 is 0 Å². The number of nitrogens with one attached hydrogen (secondary N) is 1. The molecule has 168 valence electrons. The first-order valence-corrected chi connectivity index (χ1v) is 12.4. The highest BCUT2D eigenvalue weighted by molar-refractivity contribution is 5.93. The third-order valence-electron chi connectivity index (χ3n) is 8.60. The fourth-order valence-electron chi connectivity index (χ4n) is 7.34. The summed E-state index contributed by atoms with van der Waals surface area (Å²) in [5.74, 6) is 2.92. The second-order valence-corrected chi connectivity index (χ2v) is 10.7. The molecule has 5 aliphatic rings. The van der Waals surface area contributed by atoms with E-state index in [4.69, 9.17) is 4.98 Å². The molecule has 4 saturated carbocycles. The average Bonchev–Trinajstić information content (AvgIpc) is 2.81. The van der Waals surface area contributed by atoms with Gasteiger partial charge in [0.15, 0.2) is 0 Å². The highest BCUT2D eigenvalue weighted by Gasteiger charge is 2.55. The number of nitrogens with zero attached hydrogens (tertiary/aromatic N) is 2. The third kappa shape index (κ3) is 3.71. The molecule has 2 aromatic rings. The Bertz CT molecular complexity index is 969. The van der Waals surface area contributed by atoms with Crippen molar-refractivity contribution >= 4 is 11.7 Å². The van der Waals surface area contributed by atoms with Crippen LogP contribution in [-0.2, 0) is 0 Å². The van der Waals surface area contributed by atoms with Crippen molar-refractivity contribution in [3.63, 3.8) is 0 Å². The second-order valence-electron chi connectivity index (χ2n) is 10.7. The van der Waals surface area contributed by atoms with Crippen LogP contribution in [-0.4, -0.2) is 40.7 Å². The predicted molar refractivity (Wildman–Crippen MR) is 125 cm³/mol. The normalized spacial score (nSPS) is 34.0. The van der Waals surface area contributed by atoms with Crippen molar-refractivity contribution < 1.29 is 9.90 Å². The molecule has 5 heteroatoms. The third-order valence-corrected chi connectivity index (χ3v) is 8.60. The van der Waals surface area contributed by atoms with Crippen LogP contribution in [0.2, 0.25) is 0 Å². The summed E-state index contributed by atoms with van der Waals surface area (Å²) in [6.07, 6.45) is 7.16. The van der Waals surface area contributed by atoms with E-state index in [1.54, 1.807) is 0 Å². The Morgan fingerprint density at radius 1 is 0.969 bits per heavy atom. The van der Waals surface area contributed by atoms with E-state index in [1.165, 1.54) is 5.56 Å². The van der Waals surface area contributed by atoms with Gasteiger partial charge in [-0.1, -0.05) is 36.4 Å². The van der Waals surface area contributed by atoms with Crippen LogP contribution in [0.25, 0.3) is 0 Å². The zero-order valence-electron chi connectivity index (χ0n) is 18.6. The number of hydrogen-bond acceptors (Lipinski definition) is 4. The van der Waals surface area contributed by atoms with Gasteiger partial charge in [0.05, 0.1) is 5.60 Å². The minimum Gasteiger partial charge on any atom is -0.390 e. The van der Waals surface area contributed by atoms with Gasteiger partial charge in [-0.25, -0.2) is 4.98 Å². The van der Waals surface area contributed by atoms with Gasteiger partial charge in [-0.15, -0.1) is 0 Å². The van der Waals surface area contributed by atoms with Crippen LogP contribution in [0.5, 0.6) is 0 Å². The molecule has 1 aromatic carbocycles. The number of hydrogen-bond donors (Lipinski definition) is 2. The van der Waals surface area contributed by atoms with Crippen LogP contribution in [0.1, 0.15) is 66.9 Å². The monoisotopic (exact) mass is 431 g/mol. The molecule has 1 saturated heterocycles. The Morgan fingerprint density at radius 2 is 1.69 bits per heavy atom. The van der Waals surface area contributed by atoms with E-state index in [2.05, 4.69) is 40.5 Å². The number of carbonyl (C=O) groups is 1. The zero-order chi connectivity index (χ0) is 21.7. The standard InChI is InChI=1S/C27H33N3O2/c31-26(29-25-21-13-18-14-22(25)17-27(32,15-18)16-21)23-7-4-8-24(28-23)30-11-9-20(10-12-30)19-5-2-1-3-6-19/h1-8,18,20-22,25,32H,9-17H2,(H,29,31). The predicted octanol–water partition coefficient (Wildman–Crippen LogP) is 4.14. The lowest BCUT2D eigenvalue weighted by Gasteiger charge is -2.58. The van der Waals surface area contributed by atoms with Crippen LogP contribution in [0.15, 0.2) is 48.5 Å². The van der Waals surface area contributed by atoms with Crippen molar-refractivity contribution in [2.75, 3.05) is 18.0 Å². The molecule has 5 fully saturated rings. The van der Waals surface area contributed by atoms with Crippen LogP contribution in [0.3, 0.4) is 0 Å². The molecule has 0 spiro atoms. The SMILES string of the molecule is O=C(NC1C2CC3CC1CC(O)(C3)C2)c1cccc(N2CCC(c3ccccc3)CC2)n1. The zero-order valence-corrected chi connectivity index (χ0v) is 18.6. The summed E-state index contributed by atoms with van der Waals surface area (Å²) in [5, 5.41) is 14.1. The average molecular weight is 432 g/mol. The Balaban J connectivity index is 1.11. The van der Waals surface area contributed by atoms with E-state index in [-0.39, 0.29) is 11.9 Å². The van der Waals surface area contributed by atoms with Crippen molar-refractivity contribution in [2.24, 2.45) is 17.8 Å². The van der Waals surface area contributed by atoms with Gasteiger partial charge in [0.1, 0.15) is 11.5 Å². The number of amides is 1. The van der Waals surface area contributed by atoms with Crippen LogP contribution < -0.4 is 10.2 Å².